The molecule has 1 aliphatic rings. The third-order valence-corrected chi connectivity index (χ3v) is 2.61. The summed E-state index contributed by atoms with van der Waals surface area (Å²) in [5, 5.41) is 9.74. The SMILES string of the molecule is CC(C)C(=O)N1CCC1C(C)(C)O. The first kappa shape index (κ1) is 10.5. The largest absolute Gasteiger partial charge is 0.388 e. The predicted octanol–water partition coefficient (Wildman–Crippen LogP) is 1.01. The monoisotopic (exact) mass is 185 g/mol. The zero-order valence-electron chi connectivity index (χ0n) is 8.87. The maximum Gasteiger partial charge on any atom is 0.225 e. The molecule has 0 saturated carbocycles. The first-order valence-electron chi connectivity index (χ1n) is 4.87. The Morgan fingerprint density at radius 3 is 2.31 bits per heavy atom. The zero-order valence-corrected chi connectivity index (χ0v) is 8.87. The van der Waals surface area contributed by atoms with E-state index in [2.05, 4.69) is 0 Å². The number of hydrogen-bond acceptors (Lipinski definition) is 2. The quantitative estimate of drug-likeness (QED) is 0.697. The second kappa shape index (κ2) is 3.29. The molecule has 0 aliphatic carbocycles. The average Bonchev–Trinajstić information content (AvgIpc) is 1.79. The van der Waals surface area contributed by atoms with Gasteiger partial charge in [-0.3, -0.25) is 4.79 Å². The topological polar surface area (TPSA) is 40.5 Å². The number of carbonyl (C=O) groups is 1. The summed E-state index contributed by atoms with van der Waals surface area (Å²) in [6.07, 6.45) is 0.919. The summed E-state index contributed by atoms with van der Waals surface area (Å²) < 4.78 is 0. The standard InChI is InChI=1S/C10H19NO2/c1-7(2)9(12)11-6-5-8(11)10(3,4)13/h7-8,13H,5-6H2,1-4H3. The van der Waals surface area contributed by atoms with Gasteiger partial charge in [-0.25, -0.2) is 0 Å². The summed E-state index contributed by atoms with van der Waals surface area (Å²) in [6.45, 7) is 8.10. The number of carbonyl (C=O) groups excluding carboxylic acids is 1. The highest BCUT2D eigenvalue weighted by Crippen LogP contribution is 2.28. The van der Waals surface area contributed by atoms with Crippen LogP contribution in [0.4, 0.5) is 0 Å². The number of hydrogen-bond donors (Lipinski definition) is 1. The Hall–Kier alpha value is -0.570. The van der Waals surface area contributed by atoms with Crippen LogP contribution in [0.25, 0.3) is 0 Å². The maximum absolute atomic E-state index is 11.6. The molecule has 13 heavy (non-hydrogen) atoms. The van der Waals surface area contributed by atoms with Crippen molar-refractivity contribution in [2.45, 2.75) is 45.8 Å². The minimum atomic E-state index is -0.761. The van der Waals surface area contributed by atoms with E-state index in [1.165, 1.54) is 0 Å². The highest BCUT2D eigenvalue weighted by atomic mass is 16.3. The van der Waals surface area contributed by atoms with E-state index < -0.39 is 5.60 Å². The average molecular weight is 185 g/mol. The van der Waals surface area contributed by atoms with Gasteiger partial charge in [0.15, 0.2) is 0 Å². The Balaban J connectivity index is 2.60. The minimum Gasteiger partial charge on any atom is -0.388 e. The van der Waals surface area contributed by atoms with Crippen LogP contribution in [0, 0.1) is 5.92 Å². The summed E-state index contributed by atoms with van der Waals surface area (Å²) >= 11 is 0. The lowest BCUT2D eigenvalue weighted by atomic mass is 9.87. The van der Waals surface area contributed by atoms with Crippen molar-refractivity contribution in [2.24, 2.45) is 5.92 Å². The first-order valence-corrected chi connectivity index (χ1v) is 4.87. The van der Waals surface area contributed by atoms with Crippen molar-refractivity contribution in [3.8, 4) is 0 Å². The fraction of sp³-hybridized carbons (Fsp3) is 0.900. The second-order valence-corrected chi connectivity index (χ2v) is 4.64. The Morgan fingerprint density at radius 2 is 2.08 bits per heavy atom. The zero-order chi connectivity index (χ0) is 10.2. The number of likely N-dealkylation sites (tertiary alicyclic amines) is 1. The molecule has 1 amide bonds. The molecule has 0 spiro atoms. The van der Waals surface area contributed by atoms with Gasteiger partial charge < -0.3 is 10.0 Å². The molecule has 0 bridgehead atoms. The molecule has 3 heteroatoms. The molecule has 1 rings (SSSR count). The third-order valence-electron chi connectivity index (χ3n) is 2.61. The summed E-state index contributed by atoms with van der Waals surface area (Å²) in [4.78, 5) is 13.4. The highest BCUT2D eigenvalue weighted by Gasteiger charge is 2.41. The Labute approximate surface area is 79.7 Å². The van der Waals surface area contributed by atoms with E-state index in [1.807, 2.05) is 13.8 Å². The molecule has 0 aromatic rings. The van der Waals surface area contributed by atoms with Gasteiger partial charge in [-0.2, -0.15) is 0 Å². The van der Waals surface area contributed by atoms with Crippen LogP contribution in [0.3, 0.4) is 0 Å². The van der Waals surface area contributed by atoms with Crippen LogP contribution in [0.5, 0.6) is 0 Å². The lowest BCUT2D eigenvalue weighted by Crippen LogP contribution is -2.61. The van der Waals surface area contributed by atoms with E-state index in [9.17, 15) is 9.90 Å². The second-order valence-electron chi connectivity index (χ2n) is 4.64. The molecule has 3 nitrogen and oxygen atoms in total. The van der Waals surface area contributed by atoms with E-state index in [1.54, 1.807) is 18.7 Å². The molecule has 1 saturated heterocycles. The van der Waals surface area contributed by atoms with E-state index in [4.69, 9.17) is 0 Å². The first-order chi connectivity index (χ1) is 5.84. The van der Waals surface area contributed by atoms with Crippen LogP contribution in [-0.4, -0.2) is 34.1 Å². The van der Waals surface area contributed by atoms with Crippen LogP contribution >= 0.6 is 0 Å². The summed E-state index contributed by atoms with van der Waals surface area (Å²) in [5.74, 6) is 0.184. The summed E-state index contributed by atoms with van der Waals surface area (Å²) in [6, 6.07) is 0.0161. The molecule has 1 atom stereocenters. The van der Waals surface area contributed by atoms with Crippen molar-refractivity contribution in [3.63, 3.8) is 0 Å². The van der Waals surface area contributed by atoms with Crippen molar-refractivity contribution in [1.29, 1.82) is 0 Å². The van der Waals surface area contributed by atoms with Gasteiger partial charge in [0.05, 0.1) is 11.6 Å². The lowest BCUT2D eigenvalue weighted by Gasteiger charge is -2.48. The van der Waals surface area contributed by atoms with Gasteiger partial charge in [-0.15, -0.1) is 0 Å². The Bertz CT molecular complexity index is 205. The van der Waals surface area contributed by atoms with Gasteiger partial charge in [0.1, 0.15) is 0 Å². The van der Waals surface area contributed by atoms with Crippen molar-refractivity contribution < 1.29 is 9.90 Å². The summed E-state index contributed by atoms with van der Waals surface area (Å²) in [5.41, 5.74) is -0.761. The molecule has 0 radical (unpaired) electrons. The molecule has 1 aliphatic heterocycles. The number of aliphatic hydroxyl groups is 1. The molecule has 1 fully saturated rings. The summed E-state index contributed by atoms with van der Waals surface area (Å²) in [7, 11) is 0. The minimum absolute atomic E-state index is 0.0161. The van der Waals surface area contributed by atoms with Crippen molar-refractivity contribution in [3.05, 3.63) is 0 Å². The number of nitrogens with zero attached hydrogens (tertiary/aromatic N) is 1. The van der Waals surface area contributed by atoms with Crippen molar-refractivity contribution >= 4 is 5.91 Å². The van der Waals surface area contributed by atoms with Gasteiger partial charge in [0.25, 0.3) is 0 Å². The van der Waals surface area contributed by atoms with Crippen LogP contribution < -0.4 is 0 Å². The van der Waals surface area contributed by atoms with Gasteiger partial charge >= 0.3 is 0 Å². The van der Waals surface area contributed by atoms with Gasteiger partial charge in [-0.1, -0.05) is 13.8 Å². The fourth-order valence-electron chi connectivity index (χ4n) is 1.72. The molecule has 1 unspecified atom stereocenters. The van der Waals surface area contributed by atoms with Crippen LogP contribution in [0.2, 0.25) is 0 Å². The Morgan fingerprint density at radius 1 is 1.54 bits per heavy atom. The molecule has 0 aromatic carbocycles. The predicted molar refractivity (Wildman–Crippen MR) is 51.3 cm³/mol. The molecule has 76 valence electrons. The molecular weight excluding hydrogens is 166 g/mol. The molecule has 1 N–H and O–H groups in total. The molecule has 1 heterocycles. The normalized spacial score (nSPS) is 23.2. The van der Waals surface area contributed by atoms with Crippen molar-refractivity contribution in [1.82, 2.24) is 4.90 Å². The third kappa shape index (κ3) is 2.02. The Kier molecular flexibility index (Phi) is 2.66. The number of amides is 1. The van der Waals surface area contributed by atoms with Gasteiger partial charge in [-0.05, 0) is 20.3 Å². The maximum atomic E-state index is 11.6. The van der Waals surface area contributed by atoms with Crippen LogP contribution in [0.1, 0.15) is 34.1 Å². The lowest BCUT2D eigenvalue weighted by molar-refractivity contribution is -0.153. The van der Waals surface area contributed by atoms with E-state index >= 15 is 0 Å². The van der Waals surface area contributed by atoms with Gasteiger partial charge in [0.2, 0.25) is 5.91 Å². The molecule has 0 aromatic heterocycles. The fourth-order valence-corrected chi connectivity index (χ4v) is 1.72. The van der Waals surface area contributed by atoms with E-state index in [-0.39, 0.29) is 17.9 Å². The smallest absolute Gasteiger partial charge is 0.225 e. The number of rotatable bonds is 2. The van der Waals surface area contributed by atoms with Crippen LogP contribution in [-0.2, 0) is 4.79 Å². The highest BCUT2D eigenvalue weighted by molar-refractivity contribution is 5.79. The van der Waals surface area contributed by atoms with E-state index in [0.717, 1.165) is 13.0 Å². The van der Waals surface area contributed by atoms with E-state index in [0.29, 0.717) is 0 Å². The van der Waals surface area contributed by atoms with Crippen molar-refractivity contribution in [2.75, 3.05) is 6.54 Å². The van der Waals surface area contributed by atoms with Crippen LogP contribution in [0.15, 0.2) is 0 Å². The van der Waals surface area contributed by atoms with Gasteiger partial charge in [0, 0.05) is 12.5 Å². The molecular formula is C10H19NO2.